The van der Waals surface area contributed by atoms with Crippen LogP contribution < -0.4 is 5.32 Å². The summed E-state index contributed by atoms with van der Waals surface area (Å²) >= 11 is 0. The van der Waals surface area contributed by atoms with Crippen molar-refractivity contribution in [2.75, 3.05) is 6.54 Å². The molecule has 1 aromatic rings. The van der Waals surface area contributed by atoms with E-state index >= 15 is 0 Å². The van der Waals surface area contributed by atoms with Crippen molar-refractivity contribution in [3.8, 4) is 0 Å². The molecule has 0 aliphatic rings. The zero-order chi connectivity index (χ0) is 14.3. The lowest BCUT2D eigenvalue weighted by Gasteiger charge is -2.27. The van der Waals surface area contributed by atoms with E-state index in [2.05, 4.69) is 43.4 Å². The molecule has 0 amide bonds. The number of aryl methyl sites for hydroxylation is 1. The van der Waals surface area contributed by atoms with Gasteiger partial charge in [-0.2, -0.15) is 0 Å². The average Bonchev–Trinajstić information content (AvgIpc) is 2.45. The van der Waals surface area contributed by atoms with E-state index in [0.29, 0.717) is 6.54 Å². The van der Waals surface area contributed by atoms with Crippen molar-refractivity contribution in [1.29, 1.82) is 0 Å². The summed E-state index contributed by atoms with van der Waals surface area (Å²) in [6.45, 7) is 9.08. The van der Waals surface area contributed by atoms with Gasteiger partial charge in [0.05, 0.1) is 5.60 Å². The zero-order valence-corrected chi connectivity index (χ0v) is 12.9. The van der Waals surface area contributed by atoms with Gasteiger partial charge in [0.1, 0.15) is 0 Å². The molecule has 0 radical (unpaired) electrons. The van der Waals surface area contributed by atoms with E-state index in [9.17, 15) is 5.11 Å². The largest absolute Gasteiger partial charge is 0.389 e. The van der Waals surface area contributed by atoms with Crippen molar-refractivity contribution in [3.63, 3.8) is 0 Å². The Labute approximate surface area is 118 Å². The molecule has 0 heterocycles. The fourth-order valence-corrected chi connectivity index (χ4v) is 2.22. The van der Waals surface area contributed by atoms with Crippen molar-refractivity contribution >= 4 is 0 Å². The Balaban J connectivity index is 2.55. The number of hydrogen-bond donors (Lipinski definition) is 2. The normalized spacial score (nSPS) is 13.5. The Morgan fingerprint density at radius 2 is 1.68 bits per heavy atom. The standard InChI is InChI=1S/C17H29NO/c1-5-8-15-9-11-16(12-10-15)14(4)18-13-17(19,6-2)7-3/h9-12,14,18-19H,5-8,13H2,1-4H3. The van der Waals surface area contributed by atoms with Crippen LogP contribution in [0, 0.1) is 0 Å². The molecule has 1 atom stereocenters. The zero-order valence-electron chi connectivity index (χ0n) is 12.9. The summed E-state index contributed by atoms with van der Waals surface area (Å²) < 4.78 is 0. The molecule has 0 aromatic heterocycles. The monoisotopic (exact) mass is 263 g/mol. The van der Waals surface area contributed by atoms with Gasteiger partial charge in [-0.15, -0.1) is 0 Å². The molecule has 2 nitrogen and oxygen atoms in total. The van der Waals surface area contributed by atoms with Gasteiger partial charge in [0, 0.05) is 12.6 Å². The van der Waals surface area contributed by atoms with E-state index in [1.165, 1.54) is 17.5 Å². The molecule has 0 aliphatic carbocycles. The number of hydrogen-bond acceptors (Lipinski definition) is 2. The molecule has 1 unspecified atom stereocenters. The smallest absolute Gasteiger partial charge is 0.0766 e. The van der Waals surface area contributed by atoms with Crippen LogP contribution in [0.5, 0.6) is 0 Å². The molecule has 0 fully saturated rings. The minimum atomic E-state index is -0.573. The third kappa shape index (κ3) is 4.96. The summed E-state index contributed by atoms with van der Waals surface area (Å²) in [5, 5.41) is 13.7. The average molecular weight is 263 g/mol. The van der Waals surface area contributed by atoms with E-state index in [-0.39, 0.29) is 6.04 Å². The first-order valence-corrected chi connectivity index (χ1v) is 7.59. The van der Waals surface area contributed by atoms with E-state index < -0.39 is 5.60 Å². The Hall–Kier alpha value is -0.860. The van der Waals surface area contributed by atoms with Gasteiger partial charge in [-0.3, -0.25) is 0 Å². The fourth-order valence-electron chi connectivity index (χ4n) is 2.22. The Morgan fingerprint density at radius 1 is 1.11 bits per heavy atom. The summed E-state index contributed by atoms with van der Waals surface area (Å²) in [7, 11) is 0. The molecule has 1 aromatic carbocycles. The van der Waals surface area contributed by atoms with Gasteiger partial charge < -0.3 is 10.4 Å². The van der Waals surface area contributed by atoms with Crippen molar-refractivity contribution < 1.29 is 5.11 Å². The number of benzene rings is 1. The molecular formula is C17H29NO. The highest BCUT2D eigenvalue weighted by Gasteiger charge is 2.22. The first-order valence-electron chi connectivity index (χ1n) is 7.59. The Morgan fingerprint density at radius 3 is 2.16 bits per heavy atom. The summed E-state index contributed by atoms with van der Waals surface area (Å²) in [4.78, 5) is 0. The highest BCUT2D eigenvalue weighted by Crippen LogP contribution is 2.18. The van der Waals surface area contributed by atoms with Gasteiger partial charge in [0.25, 0.3) is 0 Å². The van der Waals surface area contributed by atoms with E-state index in [4.69, 9.17) is 0 Å². The first kappa shape index (κ1) is 16.2. The second-order valence-electron chi connectivity index (χ2n) is 5.53. The van der Waals surface area contributed by atoms with Crippen molar-refractivity contribution in [2.24, 2.45) is 0 Å². The van der Waals surface area contributed by atoms with Gasteiger partial charge >= 0.3 is 0 Å². The maximum atomic E-state index is 10.3. The van der Waals surface area contributed by atoms with Gasteiger partial charge in [-0.1, -0.05) is 51.5 Å². The summed E-state index contributed by atoms with van der Waals surface area (Å²) in [5.74, 6) is 0. The van der Waals surface area contributed by atoms with Gasteiger partial charge in [-0.05, 0) is 37.3 Å². The van der Waals surface area contributed by atoms with Crippen molar-refractivity contribution in [2.45, 2.75) is 65.0 Å². The fraction of sp³-hybridized carbons (Fsp3) is 0.647. The summed E-state index contributed by atoms with van der Waals surface area (Å²) in [6.07, 6.45) is 3.91. The van der Waals surface area contributed by atoms with Crippen molar-refractivity contribution in [1.82, 2.24) is 5.32 Å². The lowest BCUT2D eigenvalue weighted by molar-refractivity contribution is 0.0303. The molecular weight excluding hydrogens is 234 g/mol. The maximum Gasteiger partial charge on any atom is 0.0766 e. The highest BCUT2D eigenvalue weighted by atomic mass is 16.3. The summed E-state index contributed by atoms with van der Waals surface area (Å²) in [6, 6.07) is 9.09. The SMILES string of the molecule is CCCc1ccc(C(C)NCC(O)(CC)CC)cc1. The van der Waals surface area contributed by atoms with Crippen LogP contribution >= 0.6 is 0 Å². The van der Waals surface area contributed by atoms with Crippen LogP contribution in [-0.2, 0) is 6.42 Å². The van der Waals surface area contributed by atoms with Crippen LogP contribution in [0.4, 0.5) is 0 Å². The molecule has 0 aliphatic heterocycles. The van der Waals surface area contributed by atoms with Crippen LogP contribution in [0.15, 0.2) is 24.3 Å². The second-order valence-corrected chi connectivity index (χ2v) is 5.53. The van der Waals surface area contributed by atoms with Gasteiger partial charge in [-0.25, -0.2) is 0 Å². The third-order valence-electron chi connectivity index (χ3n) is 4.07. The van der Waals surface area contributed by atoms with Crippen LogP contribution in [0.1, 0.15) is 64.1 Å². The third-order valence-corrected chi connectivity index (χ3v) is 4.07. The van der Waals surface area contributed by atoms with E-state index in [0.717, 1.165) is 19.3 Å². The first-order chi connectivity index (χ1) is 9.04. The highest BCUT2D eigenvalue weighted by molar-refractivity contribution is 5.24. The van der Waals surface area contributed by atoms with E-state index in [1.807, 2.05) is 13.8 Å². The maximum absolute atomic E-state index is 10.3. The van der Waals surface area contributed by atoms with Crippen LogP contribution in [-0.4, -0.2) is 17.3 Å². The minimum Gasteiger partial charge on any atom is -0.389 e. The quantitative estimate of drug-likeness (QED) is 0.747. The Kier molecular flexibility index (Phi) is 6.53. The number of aliphatic hydroxyl groups is 1. The molecule has 2 heteroatoms. The molecule has 108 valence electrons. The van der Waals surface area contributed by atoms with Crippen LogP contribution in [0.25, 0.3) is 0 Å². The lowest BCUT2D eigenvalue weighted by atomic mass is 9.96. The molecule has 19 heavy (non-hydrogen) atoms. The number of rotatable bonds is 8. The molecule has 0 spiro atoms. The van der Waals surface area contributed by atoms with Gasteiger partial charge in [0.15, 0.2) is 0 Å². The van der Waals surface area contributed by atoms with E-state index in [1.54, 1.807) is 0 Å². The number of nitrogens with one attached hydrogen (secondary N) is 1. The van der Waals surface area contributed by atoms with Crippen molar-refractivity contribution in [3.05, 3.63) is 35.4 Å². The molecule has 0 bridgehead atoms. The molecule has 0 saturated heterocycles. The molecule has 1 rings (SSSR count). The Bertz CT molecular complexity index is 354. The van der Waals surface area contributed by atoms with Gasteiger partial charge in [0.2, 0.25) is 0 Å². The minimum absolute atomic E-state index is 0.278. The predicted octanol–water partition coefficient (Wildman–Crippen LogP) is 3.84. The lowest BCUT2D eigenvalue weighted by Crippen LogP contribution is -2.40. The second kappa shape index (κ2) is 7.66. The topological polar surface area (TPSA) is 32.3 Å². The molecule has 0 saturated carbocycles. The van der Waals surface area contributed by atoms with Crippen LogP contribution in [0.3, 0.4) is 0 Å². The predicted molar refractivity (Wildman–Crippen MR) is 82.4 cm³/mol. The van der Waals surface area contributed by atoms with Crippen LogP contribution in [0.2, 0.25) is 0 Å². The summed E-state index contributed by atoms with van der Waals surface area (Å²) in [5.41, 5.74) is 2.11. The molecule has 2 N–H and O–H groups in total.